The molecule has 0 unspecified atom stereocenters. The number of halogens is 6. The minimum atomic E-state index is -3.22. The van der Waals surface area contributed by atoms with Crippen LogP contribution < -0.4 is 4.74 Å². The molecule has 1 aromatic heterocycles. The van der Waals surface area contributed by atoms with Crippen LogP contribution in [0, 0.1) is 29.2 Å². The number of methoxy groups -OCH3 is 2. The number of aliphatic imine (C=N–C) groups is 1. The molecule has 0 N–H and O–H groups in total. The molecule has 0 radical (unpaired) electrons. The number of ether oxygens (including phenoxy) is 3. The van der Waals surface area contributed by atoms with Crippen LogP contribution in [-0.4, -0.2) is 50.4 Å². The van der Waals surface area contributed by atoms with E-state index in [1.165, 1.54) is 0 Å². The van der Waals surface area contributed by atoms with Crippen molar-refractivity contribution < 1.29 is 50.0 Å². The summed E-state index contributed by atoms with van der Waals surface area (Å²) in [7, 11) is -1.26. The van der Waals surface area contributed by atoms with Gasteiger partial charge < -0.3 is 18.7 Å². The largest absolute Gasteiger partial charge is 0.677 e. The van der Waals surface area contributed by atoms with Gasteiger partial charge in [0.25, 0.3) is 0 Å². The highest BCUT2D eigenvalue weighted by Crippen LogP contribution is 2.39. The third-order valence-corrected chi connectivity index (χ3v) is 5.55. The lowest BCUT2D eigenvalue weighted by Gasteiger charge is -2.17. The predicted octanol–water partition coefficient (Wildman–Crippen LogP) is 4.73. The minimum Gasteiger partial charge on any atom is -0.487 e. The first-order valence-corrected chi connectivity index (χ1v) is 11.2. The van der Waals surface area contributed by atoms with Crippen molar-refractivity contribution in [3.63, 3.8) is 0 Å². The van der Waals surface area contributed by atoms with E-state index in [4.69, 9.17) is 4.74 Å². The molecular formula is C24H21BF6N2O5. The molecule has 3 rings (SSSR count). The summed E-state index contributed by atoms with van der Waals surface area (Å²) in [6.07, 6.45) is 3.89. The summed E-state index contributed by atoms with van der Waals surface area (Å²) >= 11 is 0. The van der Waals surface area contributed by atoms with Gasteiger partial charge in [0, 0.05) is 11.3 Å². The van der Waals surface area contributed by atoms with Gasteiger partial charge in [-0.2, -0.15) is 8.78 Å². The van der Waals surface area contributed by atoms with E-state index in [2.05, 4.69) is 14.5 Å². The zero-order valence-corrected chi connectivity index (χ0v) is 20.4. The van der Waals surface area contributed by atoms with Crippen molar-refractivity contribution in [2.75, 3.05) is 20.8 Å². The van der Waals surface area contributed by atoms with Crippen molar-refractivity contribution in [3.8, 4) is 5.75 Å². The molecule has 0 fully saturated rings. The van der Waals surface area contributed by atoms with Gasteiger partial charge in [-0.15, -0.1) is 0 Å². The first-order chi connectivity index (χ1) is 18.1. The fourth-order valence-electron chi connectivity index (χ4n) is 3.69. The fraction of sp³-hybridized carbons (Fsp3) is 0.292. The maximum absolute atomic E-state index is 15.3. The van der Waals surface area contributed by atoms with Crippen LogP contribution in [0.3, 0.4) is 0 Å². The molecule has 2 aromatic rings. The Kier molecular flexibility index (Phi) is 9.07. The number of carbonyl (C=O) groups excluding carboxylic acids is 2. The molecule has 0 amide bonds. The van der Waals surface area contributed by atoms with Crippen LogP contribution in [0.15, 0.2) is 41.2 Å². The van der Waals surface area contributed by atoms with Crippen LogP contribution >= 0.6 is 0 Å². The van der Waals surface area contributed by atoms with Gasteiger partial charge in [-0.1, -0.05) is 13.3 Å². The van der Waals surface area contributed by atoms with Gasteiger partial charge in [-0.3, -0.25) is 23.2 Å². The van der Waals surface area contributed by atoms with E-state index in [0.29, 0.717) is 17.3 Å². The smallest absolute Gasteiger partial charge is 0.487 e. The third-order valence-electron chi connectivity index (χ3n) is 5.55. The average molecular weight is 542 g/mol. The van der Waals surface area contributed by atoms with Crippen LogP contribution in [0.5, 0.6) is 5.75 Å². The molecule has 14 heteroatoms. The Morgan fingerprint density at radius 1 is 1.00 bits per heavy atom. The van der Waals surface area contributed by atoms with Crippen LogP contribution in [0.4, 0.5) is 26.2 Å². The van der Waals surface area contributed by atoms with Gasteiger partial charge in [0.2, 0.25) is 11.6 Å². The standard InChI is InChI=1S/C24H21BF6N2O5/c1-4-5-11-38-22-20(28)18(26)17(19(27)21(22)29)15(14-7-6-10-33(14)25(30)31)12-8-9-13(32-12)16(23(34)36-2)24(35)37-3/h6-10,16H,4-5,11H2,1-3H3/b15-12+. The second-order valence-electron chi connectivity index (χ2n) is 7.85. The van der Waals surface area contributed by atoms with E-state index in [0.717, 1.165) is 44.7 Å². The van der Waals surface area contributed by atoms with E-state index in [1.807, 2.05) is 0 Å². The van der Waals surface area contributed by atoms with Crippen molar-refractivity contribution in [3.05, 3.63) is 70.7 Å². The topological polar surface area (TPSA) is 79.1 Å². The Balaban J connectivity index is 2.33. The molecule has 0 atom stereocenters. The fourth-order valence-corrected chi connectivity index (χ4v) is 3.69. The zero-order valence-electron chi connectivity index (χ0n) is 20.4. The molecule has 7 nitrogen and oxygen atoms in total. The molecule has 1 aliphatic heterocycles. The SMILES string of the molecule is CCCCOc1c(F)c(F)c(/C(=C2\C=CC(C(C(=O)OC)C(=O)OC)=N2)c2cccn2B(F)F)c(F)c1F. The van der Waals surface area contributed by atoms with Crippen LogP contribution in [0.2, 0.25) is 0 Å². The lowest BCUT2D eigenvalue weighted by Crippen LogP contribution is -2.32. The van der Waals surface area contributed by atoms with Gasteiger partial charge in [0.05, 0.1) is 37.8 Å². The van der Waals surface area contributed by atoms with Crippen LogP contribution in [-0.2, 0) is 19.1 Å². The van der Waals surface area contributed by atoms with Gasteiger partial charge >= 0.3 is 19.3 Å². The molecule has 1 aliphatic rings. The number of benzene rings is 1. The summed E-state index contributed by atoms with van der Waals surface area (Å²) in [6, 6.07) is 2.14. The highest BCUT2D eigenvalue weighted by atomic mass is 19.2. The Hall–Kier alpha value is -3.97. The second kappa shape index (κ2) is 12.1. The highest BCUT2D eigenvalue weighted by molar-refractivity contribution is 6.41. The summed E-state index contributed by atoms with van der Waals surface area (Å²) in [4.78, 5) is 28.3. The van der Waals surface area contributed by atoms with E-state index >= 15 is 8.78 Å². The number of unbranched alkanes of at least 4 members (excludes halogenated alkanes) is 1. The second-order valence-corrected chi connectivity index (χ2v) is 7.85. The summed E-state index contributed by atoms with van der Waals surface area (Å²) in [5.41, 5.74) is -3.49. The van der Waals surface area contributed by atoms with Crippen LogP contribution in [0.25, 0.3) is 5.57 Å². The van der Waals surface area contributed by atoms with Gasteiger partial charge in [-0.25, -0.2) is 8.78 Å². The van der Waals surface area contributed by atoms with E-state index in [-0.39, 0.29) is 12.3 Å². The summed E-state index contributed by atoms with van der Waals surface area (Å²) in [6.45, 7) is 1.52. The van der Waals surface area contributed by atoms with E-state index in [1.54, 1.807) is 6.92 Å². The molecular weight excluding hydrogens is 521 g/mol. The number of rotatable bonds is 10. The number of hydrogen-bond acceptors (Lipinski definition) is 6. The first kappa shape index (κ1) is 28.6. The van der Waals surface area contributed by atoms with Crippen molar-refractivity contribution in [1.29, 1.82) is 0 Å². The minimum absolute atomic E-state index is 0.233. The molecule has 202 valence electrons. The number of carbonyl (C=O) groups is 2. The maximum Gasteiger partial charge on any atom is 0.677 e. The number of hydrogen-bond donors (Lipinski definition) is 0. The van der Waals surface area contributed by atoms with E-state index in [9.17, 15) is 27.0 Å². The van der Waals surface area contributed by atoms with Crippen molar-refractivity contribution >= 4 is 30.6 Å². The molecule has 0 bridgehead atoms. The molecule has 0 aliphatic carbocycles. The highest BCUT2D eigenvalue weighted by Gasteiger charge is 2.37. The maximum atomic E-state index is 15.3. The molecule has 2 heterocycles. The Morgan fingerprint density at radius 2 is 1.61 bits per heavy atom. The first-order valence-electron chi connectivity index (χ1n) is 11.2. The van der Waals surface area contributed by atoms with Crippen molar-refractivity contribution in [1.82, 2.24) is 4.48 Å². The average Bonchev–Trinajstić information content (AvgIpc) is 3.58. The Morgan fingerprint density at radius 3 is 2.13 bits per heavy atom. The van der Waals surface area contributed by atoms with Gasteiger partial charge in [0.1, 0.15) is 0 Å². The number of allylic oxidation sites excluding steroid dienone is 2. The van der Waals surface area contributed by atoms with Crippen molar-refractivity contribution in [2.45, 2.75) is 19.8 Å². The molecule has 38 heavy (non-hydrogen) atoms. The molecule has 0 spiro atoms. The molecule has 1 aromatic carbocycles. The molecule has 0 saturated carbocycles. The quantitative estimate of drug-likeness (QED) is 0.108. The summed E-state index contributed by atoms with van der Waals surface area (Å²) in [5, 5.41) is 0. The summed E-state index contributed by atoms with van der Waals surface area (Å²) in [5.74, 6) is -12.8. The lowest BCUT2D eigenvalue weighted by molar-refractivity contribution is -0.155. The van der Waals surface area contributed by atoms with Crippen LogP contribution in [0.1, 0.15) is 31.0 Å². The number of aromatic nitrogens is 1. The van der Waals surface area contributed by atoms with Gasteiger partial charge in [-0.05, 0) is 36.9 Å². The van der Waals surface area contributed by atoms with Crippen molar-refractivity contribution in [2.24, 2.45) is 10.9 Å². The Labute approximate surface area is 213 Å². The summed E-state index contributed by atoms with van der Waals surface area (Å²) < 4.78 is 102. The number of esters is 2. The third kappa shape index (κ3) is 5.34. The lowest BCUT2D eigenvalue weighted by atomic mass is 9.97. The zero-order chi connectivity index (χ0) is 28.1. The number of nitrogens with zero attached hydrogens (tertiary/aromatic N) is 2. The monoisotopic (exact) mass is 542 g/mol. The normalized spacial score (nSPS) is 14.0. The van der Waals surface area contributed by atoms with Gasteiger partial charge in [0.15, 0.2) is 23.3 Å². The predicted molar refractivity (Wildman–Crippen MR) is 125 cm³/mol. The Bertz CT molecular complexity index is 1290. The molecule has 0 saturated heterocycles. The van der Waals surface area contributed by atoms with E-state index < -0.39 is 76.8 Å².